The summed E-state index contributed by atoms with van der Waals surface area (Å²) in [6, 6.07) is 2.52. The Bertz CT molecular complexity index is 461. The predicted molar refractivity (Wildman–Crippen MR) is 70.4 cm³/mol. The van der Waals surface area contributed by atoms with E-state index in [0.717, 1.165) is 24.6 Å². The van der Waals surface area contributed by atoms with Gasteiger partial charge in [0, 0.05) is 5.56 Å². The minimum atomic E-state index is -1.01. The molecule has 19 heavy (non-hydrogen) atoms. The molecule has 0 bridgehead atoms. The monoisotopic (exact) mass is 270 g/mol. The van der Waals surface area contributed by atoms with Crippen LogP contribution in [0.25, 0.3) is 0 Å². The molecule has 2 atom stereocenters. The average molecular weight is 270 g/mol. The number of halogens is 2. The van der Waals surface area contributed by atoms with Crippen LogP contribution in [0.5, 0.6) is 0 Å². The van der Waals surface area contributed by atoms with Crippen molar-refractivity contribution < 1.29 is 13.6 Å². The van der Waals surface area contributed by atoms with Crippen LogP contribution in [0.4, 0.5) is 8.78 Å². The molecule has 0 fully saturated rings. The first kappa shape index (κ1) is 15.6. The molecular formula is C14H20F2N2O. The minimum absolute atomic E-state index is 0.112. The van der Waals surface area contributed by atoms with E-state index >= 15 is 0 Å². The van der Waals surface area contributed by atoms with Gasteiger partial charge in [0.15, 0.2) is 0 Å². The maximum atomic E-state index is 13.6. The van der Waals surface area contributed by atoms with Crippen LogP contribution >= 0.6 is 0 Å². The van der Waals surface area contributed by atoms with Crippen molar-refractivity contribution in [2.24, 2.45) is 5.73 Å². The van der Waals surface area contributed by atoms with Crippen molar-refractivity contribution >= 4 is 5.91 Å². The Kier molecular flexibility index (Phi) is 5.00. The topological polar surface area (TPSA) is 55.1 Å². The molecule has 1 amide bonds. The van der Waals surface area contributed by atoms with Crippen LogP contribution in [-0.2, 0) is 4.79 Å². The molecule has 0 aliphatic rings. The molecule has 1 aromatic carbocycles. The highest BCUT2D eigenvalue weighted by atomic mass is 19.1. The molecule has 3 N–H and O–H groups in total. The van der Waals surface area contributed by atoms with Crippen LogP contribution in [0.3, 0.4) is 0 Å². The van der Waals surface area contributed by atoms with Crippen LogP contribution in [-0.4, -0.2) is 11.4 Å². The Labute approximate surface area is 112 Å². The summed E-state index contributed by atoms with van der Waals surface area (Å²) in [4.78, 5) is 12.0. The second-order valence-corrected chi connectivity index (χ2v) is 5.03. The fourth-order valence-electron chi connectivity index (χ4n) is 1.92. The molecule has 1 rings (SSSR count). The van der Waals surface area contributed by atoms with Gasteiger partial charge in [0.25, 0.3) is 0 Å². The van der Waals surface area contributed by atoms with E-state index < -0.39 is 23.2 Å². The van der Waals surface area contributed by atoms with Gasteiger partial charge in [-0.05, 0) is 38.5 Å². The van der Waals surface area contributed by atoms with E-state index in [-0.39, 0.29) is 11.5 Å². The van der Waals surface area contributed by atoms with Crippen molar-refractivity contribution in [3.05, 3.63) is 35.4 Å². The van der Waals surface area contributed by atoms with Gasteiger partial charge in [0.05, 0.1) is 11.6 Å². The summed E-state index contributed by atoms with van der Waals surface area (Å²) in [5.41, 5.74) is 4.99. The number of hydrogen-bond acceptors (Lipinski definition) is 2. The molecule has 106 valence electrons. The molecule has 0 aromatic heterocycles. The number of benzene rings is 1. The molecule has 0 saturated heterocycles. The number of carbonyl (C=O) groups excluding carboxylic acids is 1. The summed E-state index contributed by atoms with van der Waals surface area (Å²) in [7, 11) is 0. The fraction of sp³-hybridized carbons (Fsp3) is 0.500. The largest absolute Gasteiger partial charge is 0.348 e. The zero-order valence-electron chi connectivity index (χ0n) is 11.5. The van der Waals surface area contributed by atoms with Crippen molar-refractivity contribution in [2.75, 3.05) is 0 Å². The quantitative estimate of drug-likeness (QED) is 0.864. The Morgan fingerprint density at radius 1 is 1.47 bits per heavy atom. The van der Waals surface area contributed by atoms with Crippen molar-refractivity contribution in [2.45, 2.75) is 45.2 Å². The molecular weight excluding hydrogens is 250 g/mol. The van der Waals surface area contributed by atoms with Crippen LogP contribution in [0.15, 0.2) is 18.2 Å². The standard InChI is InChI=1S/C14H20F2N2O/c1-4-7-14(3,17)13(19)18-9(2)11-8-10(15)5-6-12(11)16/h5-6,8-9H,4,7,17H2,1-3H3,(H,18,19). The molecule has 3 nitrogen and oxygen atoms in total. The Morgan fingerprint density at radius 2 is 2.11 bits per heavy atom. The highest BCUT2D eigenvalue weighted by Crippen LogP contribution is 2.19. The van der Waals surface area contributed by atoms with Gasteiger partial charge in [-0.25, -0.2) is 8.78 Å². The van der Waals surface area contributed by atoms with E-state index in [9.17, 15) is 13.6 Å². The van der Waals surface area contributed by atoms with Crippen molar-refractivity contribution in [3.63, 3.8) is 0 Å². The van der Waals surface area contributed by atoms with Crippen molar-refractivity contribution in [1.29, 1.82) is 0 Å². The molecule has 0 radical (unpaired) electrons. The normalized spacial score (nSPS) is 15.7. The smallest absolute Gasteiger partial charge is 0.240 e. The zero-order valence-corrected chi connectivity index (χ0v) is 11.5. The van der Waals surface area contributed by atoms with Gasteiger partial charge in [-0.3, -0.25) is 4.79 Å². The van der Waals surface area contributed by atoms with E-state index in [4.69, 9.17) is 5.73 Å². The zero-order chi connectivity index (χ0) is 14.6. The Morgan fingerprint density at radius 3 is 2.68 bits per heavy atom. The Balaban J connectivity index is 2.82. The third-order valence-electron chi connectivity index (χ3n) is 3.06. The number of amides is 1. The molecule has 0 aliphatic heterocycles. The maximum Gasteiger partial charge on any atom is 0.240 e. The molecule has 1 aromatic rings. The third kappa shape index (κ3) is 3.99. The lowest BCUT2D eigenvalue weighted by atomic mass is 9.95. The predicted octanol–water partition coefficient (Wildman–Crippen LogP) is 2.66. The summed E-state index contributed by atoms with van der Waals surface area (Å²) in [5.74, 6) is -1.46. The second-order valence-electron chi connectivity index (χ2n) is 5.03. The van der Waals surface area contributed by atoms with Gasteiger partial charge in [-0.15, -0.1) is 0 Å². The number of nitrogens with one attached hydrogen (secondary N) is 1. The van der Waals surface area contributed by atoms with Crippen LogP contribution in [0, 0.1) is 11.6 Å². The summed E-state index contributed by atoms with van der Waals surface area (Å²) in [6.45, 7) is 5.15. The summed E-state index contributed by atoms with van der Waals surface area (Å²) in [6.07, 6.45) is 1.29. The van der Waals surface area contributed by atoms with E-state index in [0.29, 0.717) is 6.42 Å². The molecule has 5 heteroatoms. The van der Waals surface area contributed by atoms with Gasteiger partial charge in [0.2, 0.25) is 5.91 Å². The first-order valence-electron chi connectivity index (χ1n) is 6.32. The summed E-state index contributed by atoms with van der Waals surface area (Å²) in [5, 5.41) is 2.62. The van der Waals surface area contributed by atoms with Gasteiger partial charge in [-0.2, -0.15) is 0 Å². The SMILES string of the molecule is CCCC(C)(N)C(=O)NC(C)c1cc(F)ccc1F. The van der Waals surface area contributed by atoms with E-state index in [1.807, 2.05) is 6.92 Å². The van der Waals surface area contributed by atoms with Gasteiger partial charge in [-0.1, -0.05) is 13.3 Å². The number of nitrogens with two attached hydrogens (primary N) is 1. The van der Waals surface area contributed by atoms with E-state index in [1.54, 1.807) is 13.8 Å². The van der Waals surface area contributed by atoms with Gasteiger partial charge in [0.1, 0.15) is 11.6 Å². The number of rotatable bonds is 5. The van der Waals surface area contributed by atoms with Gasteiger partial charge >= 0.3 is 0 Å². The third-order valence-corrected chi connectivity index (χ3v) is 3.06. The lowest BCUT2D eigenvalue weighted by Gasteiger charge is -2.25. The number of hydrogen-bond donors (Lipinski definition) is 2. The van der Waals surface area contributed by atoms with Crippen LogP contribution < -0.4 is 11.1 Å². The Hall–Kier alpha value is -1.49. The van der Waals surface area contributed by atoms with Crippen molar-refractivity contribution in [3.8, 4) is 0 Å². The highest BCUT2D eigenvalue weighted by Gasteiger charge is 2.28. The molecule has 0 saturated carbocycles. The second kappa shape index (κ2) is 6.10. The maximum absolute atomic E-state index is 13.6. The minimum Gasteiger partial charge on any atom is -0.348 e. The first-order chi connectivity index (χ1) is 8.77. The summed E-state index contributed by atoms with van der Waals surface area (Å²) < 4.78 is 26.7. The van der Waals surface area contributed by atoms with Gasteiger partial charge < -0.3 is 11.1 Å². The lowest BCUT2D eigenvalue weighted by Crippen LogP contribution is -2.52. The number of carbonyl (C=O) groups is 1. The first-order valence-corrected chi connectivity index (χ1v) is 6.32. The molecule has 0 spiro atoms. The lowest BCUT2D eigenvalue weighted by molar-refractivity contribution is -0.126. The van der Waals surface area contributed by atoms with E-state index in [1.165, 1.54) is 0 Å². The summed E-state index contributed by atoms with van der Waals surface area (Å²) >= 11 is 0. The van der Waals surface area contributed by atoms with Crippen LogP contribution in [0.1, 0.15) is 45.2 Å². The van der Waals surface area contributed by atoms with Crippen LogP contribution in [0.2, 0.25) is 0 Å². The molecule has 2 unspecified atom stereocenters. The fourth-order valence-corrected chi connectivity index (χ4v) is 1.92. The molecule has 0 aliphatic carbocycles. The molecule has 0 heterocycles. The highest BCUT2D eigenvalue weighted by molar-refractivity contribution is 5.85. The van der Waals surface area contributed by atoms with Crippen molar-refractivity contribution in [1.82, 2.24) is 5.32 Å². The van der Waals surface area contributed by atoms with E-state index in [2.05, 4.69) is 5.32 Å². The average Bonchev–Trinajstić information content (AvgIpc) is 2.32.